The van der Waals surface area contributed by atoms with Gasteiger partial charge in [-0.15, -0.1) is 0 Å². The number of nitrogens with one attached hydrogen (secondary N) is 4. The Labute approximate surface area is 145 Å². The van der Waals surface area contributed by atoms with Gasteiger partial charge in [-0.1, -0.05) is 38.0 Å². The summed E-state index contributed by atoms with van der Waals surface area (Å²) in [6, 6.07) is 8.56. The lowest BCUT2D eigenvalue weighted by Crippen LogP contribution is -2.31. The van der Waals surface area contributed by atoms with Crippen LogP contribution in [0.3, 0.4) is 0 Å². The molecular weight excluding hydrogens is 298 g/mol. The number of aliphatic imine (C=N–C) groups is 1. The molecule has 130 valence electrons. The lowest BCUT2D eigenvalue weighted by atomic mass is 10.1. The molecule has 4 N–H and O–H groups in total. The van der Waals surface area contributed by atoms with E-state index in [1.54, 1.807) is 0 Å². The maximum absolute atomic E-state index is 4.59. The van der Waals surface area contributed by atoms with E-state index in [1.807, 2.05) is 32.2 Å². The summed E-state index contributed by atoms with van der Waals surface area (Å²) in [7, 11) is 1.93. The third kappa shape index (κ3) is 5.74. The fourth-order valence-corrected chi connectivity index (χ4v) is 2.57. The van der Waals surface area contributed by atoms with E-state index in [2.05, 4.69) is 57.7 Å². The molecule has 0 saturated carbocycles. The van der Waals surface area contributed by atoms with Gasteiger partial charge in [-0.3, -0.25) is 0 Å². The number of anilines is 2. The first-order chi connectivity index (χ1) is 11.7. The molecule has 0 aromatic heterocycles. The van der Waals surface area contributed by atoms with E-state index in [0.717, 1.165) is 35.9 Å². The van der Waals surface area contributed by atoms with Crippen molar-refractivity contribution in [1.82, 2.24) is 10.9 Å². The highest BCUT2D eigenvalue weighted by Crippen LogP contribution is 2.19. The maximum atomic E-state index is 4.59. The third-order valence-corrected chi connectivity index (χ3v) is 3.88. The number of nitrogens with zero attached hydrogens (tertiary/aromatic N) is 1. The summed E-state index contributed by atoms with van der Waals surface area (Å²) in [6.07, 6.45) is 9.88. The van der Waals surface area contributed by atoms with Crippen LogP contribution in [-0.2, 0) is 0 Å². The summed E-state index contributed by atoms with van der Waals surface area (Å²) in [4.78, 5) is 4.59. The molecule has 1 aromatic rings. The van der Waals surface area contributed by atoms with Gasteiger partial charge in [-0.25, -0.2) is 10.4 Å². The van der Waals surface area contributed by atoms with E-state index in [0.29, 0.717) is 6.04 Å². The molecule has 0 bridgehead atoms. The summed E-state index contributed by atoms with van der Waals surface area (Å²) in [5.74, 6) is 0.909. The zero-order chi connectivity index (χ0) is 17.2. The highest BCUT2D eigenvalue weighted by Gasteiger charge is 2.12. The molecule has 5 nitrogen and oxygen atoms in total. The lowest BCUT2D eigenvalue weighted by molar-refractivity contribution is 0.524. The van der Waals surface area contributed by atoms with E-state index in [1.165, 1.54) is 12.8 Å². The number of rotatable bonds is 9. The van der Waals surface area contributed by atoms with Gasteiger partial charge < -0.3 is 16.1 Å². The van der Waals surface area contributed by atoms with Crippen molar-refractivity contribution in [1.29, 1.82) is 0 Å². The average molecular weight is 327 g/mol. The minimum absolute atomic E-state index is 0.389. The number of hydrogen-bond acceptors (Lipinski definition) is 5. The molecule has 0 radical (unpaired) electrons. The molecule has 0 amide bonds. The van der Waals surface area contributed by atoms with Crippen LogP contribution < -0.4 is 21.5 Å². The molecule has 0 aliphatic carbocycles. The molecule has 0 spiro atoms. The monoisotopic (exact) mass is 327 g/mol. The second kappa shape index (κ2) is 9.78. The van der Waals surface area contributed by atoms with Crippen molar-refractivity contribution in [3.05, 3.63) is 48.3 Å². The Balaban J connectivity index is 1.81. The van der Waals surface area contributed by atoms with Gasteiger partial charge in [-0.05, 0) is 37.6 Å². The van der Waals surface area contributed by atoms with Crippen molar-refractivity contribution in [3.63, 3.8) is 0 Å². The van der Waals surface area contributed by atoms with Gasteiger partial charge in [0.15, 0.2) is 0 Å². The van der Waals surface area contributed by atoms with Crippen LogP contribution in [0.15, 0.2) is 53.3 Å². The van der Waals surface area contributed by atoms with Gasteiger partial charge in [0.2, 0.25) is 0 Å². The Morgan fingerprint density at radius 2 is 2.08 bits per heavy atom. The van der Waals surface area contributed by atoms with E-state index in [9.17, 15) is 0 Å². The van der Waals surface area contributed by atoms with E-state index in [-0.39, 0.29) is 0 Å². The summed E-state index contributed by atoms with van der Waals surface area (Å²) in [6.45, 7) is 4.98. The Hall–Kier alpha value is -2.27. The van der Waals surface area contributed by atoms with Crippen LogP contribution >= 0.6 is 0 Å². The zero-order valence-corrected chi connectivity index (χ0v) is 14.9. The minimum atomic E-state index is 0.389. The standard InChI is InChI=1S/C19H29N5/c1-4-5-10-16-14-19(24-23-16)22-15(2)9-8-13-21-18-12-7-6-11-17(18)20-3/h6-9,11-12,14,16,20-21,23-24H,4-5,10,13H2,1-3H3/b9-8+,22-15?. The predicted octanol–water partition coefficient (Wildman–Crippen LogP) is 3.67. The zero-order valence-electron chi connectivity index (χ0n) is 14.9. The third-order valence-electron chi connectivity index (χ3n) is 3.88. The van der Waals surface area contributed by atoms with Gasteiger partial charge in [0.1, 0.15) is 5.82 Å². The fourth-order valence-electron chi connectivity index (χ4n) is 2.57. The first-order valence-electron chi connectivity index (χ1n) is 8.68. The molecule has 1 unspecified atom stereocenters. The molecule has 1 aliphatic rings. The summed E-state index contributed by atoms with van der Waals surface area (Å²) < 4.78 is 0. The number of para-hydroxylation sites is 2. The summed E-state index contributed by atoms with van der Waals surface area (Å²) in [5.41, 5.74) is 9.58. The van der Waals surface area contributed by atoms with Gasteiger partial charge >= 0.3 is 0 Å². The Bertz CT molecular complexity index is 604. The van der Waals surface area contributed by atoms with Crippen LogP contribution in [0.1, 0.15) is 33.1 Å². The average Bonchev–Trinajstić information content (AvgIpc) is 3.04. The van der Waals surface area contributed by atoms with Crippen LogP contribution in [-0.4, -0.2) is 25.3 Å². The first-order valence-corrected chi connectivity index (χ1v) is 8.68. The van der Waals surface area contributed by atoms with Crippen LogP contribution in [0, 0.1) is 0 Å². The molecule has 1 heterocycles. The number of allylic oxidation sites excluding steroid dienone is 1. The molecule has 24 heavy (non-hydrogen) atoms. The number of hydrazine groups is 1. The van der Waals surface area contributed by atoms with Crippen LogP contribution in [0.2, 0.25) is 0 Å². The fraction of sp³-hybridized carbons (Fsp3) is 0.421. The SMILES string of the molecule is CCCCC1C=C(N=C(C)/C=C/CNc2ccccc2NC)NN1. The Kier molecular flexibility index (Phi) is 7.36. The topological polar surface area (TPSA) is 60.5 Å². The molecule has 1 aliphatic heterocycles. The van der Waals surface area contributed by atoms with Crippen molar-refractivity contribution in [2.45, 2.75) is 39.2 Å². The Morgan fingerprint density at radius 3 is 2.83 bits per heavy atom. The quantitative estimate of drug-likeness (QED) is 0.523. The van der Waals surface area contributed by atoms with Crippen molar-refractivity contribution >= 4 is 17.1 Å². The lowest BCUT2D eigenvalue weighted by Gasteiger charge is -2.09. The molecular formula is C19H29N5. The number of benzene rings is 1. The minimum Gasteiger partial charge on any atom is -0.386 e. The van der Waals surface area contributed by atoms with Crippen LogP contribution in [0.25, 0.3) is 0 Å². The molecule has 0 saturated heterocycles. The Morgan fingerprint density at radius 1 is 1.29 bits per heavy atom. The van der Waals surface area contributed by atoms with Gasteiger partial charge in [-0.2, -0.15) is 0 Å². The number of hydrogen-bond donors (Lipinski definition) is 4. The van der Waals surface area contributed by atoms with Crippen molar-refractivity contribution < 1.29 is 0 Å². The largest absolute Gasteiger partial charge is 0.386 e. The van der Waals surface area contributed by atoms with Crippen LogP contribution in [0.5, 0.6) is 0 Å². The predicted molar refractivity (Wildman–Crippen MR) is 104 cm³/mol. The highest BCUT2D eigenvalue weighted by molar-refractivity contribution is 5.93. The van der Waals surface area contributed by atoms with E-state index < -0.39 is 0 Å². The smallest absolute Gasteiger partial charge is 0.137 e. The summed E-state index contributed by atoms with van der Waals surface area (Å²) >= 11 is 0. The molecule has 1 atom stereocenters. The van der Waals surface area contributed by atoms with Crippen molar-refractivity contribution in [2.75, 3.05) is 24.2 Å². The van der Waals surface area contributed by atoms with Crippen LogP contribution in [0.4, 0.5) is 11.4 Å². The molecule has 1 aromatic carbocycles. The maximum Gasteiger partial charge on any atom is 0.137 e. The number of unbranched alkanes of at least 4 members (excludes halogenated alkanes) is 1. The molecule has 0 fully saturated rings. The van der Waals surface area contributed by atoms with Crippen molar-refractivity contribution in [3.8, 4) is 0 Å². The second-order valence-electron chi connectivity index (χ2n) is 5.90. The van der Waals surface area contributed by atoms with E-state index in [4.69, 9.17) is 0 Å². The van der Waals surface area contributed by atoms with Crippen molar-refractivity contribution in [2.24, 2.45) is 4.99 Å². The second-order valence-corrected chi connectivity index (χ2v) is 5.90. The highest BCUT2D eigenvalue weighted by atomic mass is 15.4. The summed E-state index contributed by atoms with van der Waals surface area (Å²) in [5, 5.41) is 6.58. The van der Waals surface area contributed by atoms with Gasteiger partial charge in [0.25, 0.3) is 0 Å². The van der Waals surface area contributed by atoms with E-state index >= 15 is 0 Å². The van der Waals surface area contributed by atoms with Gasteiger partial charge in [0.05, 0.1) is 11.4 Å². The first kappa shape index (κ1) is 18.1. The molecule has 5 heteroatoms. The molecule has 2 rings (SSSR count). The van der Waals surface area contributed by atoms with Gasteiger partial charge in [0, 0.05) is 25.3 Å². The normalized spacial score (nSPS) is 17.7.